The average molecular weight is 224 g/mol. The van der Waals surface area contributed by atoms with Crippen LogP contribution >= 0.6 is 0 Å². The minimum Gasteiger partial charge on any atom is -0.378 e. The molecule has 88 valence electrons. The van der Waals surface area contributed by atoms with Crippen molar-refractivity contribution in [1.82, 2.24) is 4.98 Å². The Morgan fingerprint density at radius 2 is 2.25 bits per heavy atom. The molecule has 0 aromatic carbocycles. The summed E-state index contributed by atoms with van der Waals surface area (Å²) in [5.41, 5.74) is 10.7. The molecule has 1 aromatic rings. The van der Waals surface area contributed by atoms with Gasteiger partial charge in [-0.2, -0.15) is 0 Å². The largest absolute Gasteiger partial charge is 0.378 e. The maximum absolute atomic E-state index is 10.8. The van der Waals surface area contributed by atoms with Crippen LogP contribution in [0.15, 0.2) is 18.3 Å². The fourth-order valence-corrected chi connectivity index (χ4v) is 1.08. The second-order valence-electron chi connectivity index (χ2n) is 3.12. The van der Waals surface area contributed by atoms with Crippen LogP contribution in [0.5, 0.6) is 0 Å². The van der Waals surface area contributed by atoms with Gasteiger partial charge >= 0.3 is 0 Å². The van der Waals surface area contributed by atoms with Crippen molar-refractivity contribution < 1.29 is 9.53 Å². The van der Waals surface area contributed by atoms with E-state index in [0.717, 1.165) is 0 Å². The van der Waals surface area contributed by atoms with E-state index in [0.29, 0.717) is 37.7 Å². The highest BCUT2D eigenvalue weighted by Crippen LogP contribution is 2.03. The Hall–Kier alpha value is -1.66. The molecule has 0 atom stereocenters. The Balaban J connectivity index is 2.29. The molecule has 6 heteroatoms. The Bertz CT molecular complexity index is 326. The number of ether oxygens (including phenoxy) is 1. The van der Waals surface area contributed by atoms with Gasteiger partial charge in [0.05, 0.1) is 18.8 Å². The number of anilines is 1. The van der Waals surface area contributed by atoms with Gasteiger partial charge in [0.15, 0.2) is 0 Å². The van der Waals surface area contributed by atoms with Crippen molar-refractivity contribution in [3.8, 4) is 0 Å². The SMILES string of the molecule is NCCOCCNc1ccc(C(N)=O)cn1. The zero-order valence-electron chi connectivity index (χ0n) is 8.98. The van der Waals surface area contributed by atoms with Gasteiger partial charge < -0.3 is 21.5 Å². The molecule has 5 N–H and O–H groups in total. The van der Waals surface area contributed by atoms with Crippen molar-refractivity contribution in [1.29, 1.82) is 0 Å². The first kappa shape index (κ1) is 12.4. The fourth-order valence-electron chi connectivity index (χ4n) is 1.08. The van der Waals surface area contributed by atoms with Crippen LogP contribution in [-0.4, -0.2) is 37.2 Å². The summed E-state index contributed by atoms with van der Waals surface area (Å²) in [5, 5.41) is 3.04. The molecule has 16 heavy (non-hydrogen) atoms. The lowest BCUT2D eigenvalue weighted by atomic mass is 10.3. The quantitative estimate of drug-likeness (QED) is 0.545. The zero-order chi connectivity index (χ0) is 11.8. The van der Waals surface area contributed by atoms with Crippen LogP contribution in [0, 0.1) is 0 Å². The van der Waals surface area contributed by atoms with Gasteiger partial charge in [-0.25, -0.2) is 4.98 Å². The van der Waals surface area contributed by atoms with Crippen LogP contribution in [0.3, 0.4) is 0 Å². The van der Waals surface area contributed by atoms with Gasteiger partial charge in [0.2, 0.25) is 5.91 Å². The number of amides is 1. The highest BCUT2D eigenvalue weighted by Gasteiger charge is 2.00. The van der Waals surface area contributed by atoms with E-state index in [-0.39, 0.29) is 0 Å². The smallest absolute Gasteiger partial charge is 0.250 e. The van der Waals surface area contributed by atoms with Crippen molar-refractivity contribution in [2.75, 3.05) is 31.6 Å². The Morgan fingerprint density at radius 1 is 1.44 bits per heavy atom. The lowest BCUT2D eigenvalue weighted by Crippen LogP contribution is -2.15. The molecule has 0 aliphatic carbocycles. The lowest BCUT2D eigenvalue weighted by Gasteiger charge is -2.06. The number of primary amides is 1. The van der Waals surface area contributed by atoms with E-state index >= 15 is 0 Å². The third-order valence-electron chi connectivity index (χ3n) is 1.86. The summed E-state index contributed by atoms with van der Waals surface area (Å²) in [4.78, 5) is 14.8. The number of pyridine rings is 1. The Kier molecular flexibility index (Phi) is 5.24. The van der Waals surface area contributed by atoms with E-state index in [2.05, 4.69) is 10.3 Å². The van der Waals surface area contributed by atoms with Crippen molar-refractivity contribution in [3.05, 3.63) is 23.9 Å². The molecule has 0 bridgehead atoms. The first-order valence-corrected chi connectivity index (χ1v) is 5.01. The van der Waals surface area contributed by atoms with Crippen molar-refractivity contribution in [3.63, 3.8) is 0 Å². The average Bonchev–Trinajstić information content (AvgIpc) is 2.29. The second-order valence-corrected chi connectivity index (χ2v) is 3.12. The van der Waals surface area contributed by atoms with Crippen molar-refractivity contribution in [2.45, 2.75) is 0 Å². The maximum Gasteiger partial charge on any atom is 0.250 e. The molecule has 0 saturated heterocycles. The van der Waals surface area contributed by atoms with Gasteiger partial charge in [-0.15, -0.1) is 0 Å². The van der Waals surface area contributed by atoms with Gasteiger partial charge in [0.25, 0.3) is 0 Å². The summed E-state index contributed by atoms with van der Waals surface area (Å²) in [6, 6.07) is 3.32. The molecule has 0 fully saturated rings. The molecule has 0 aliphatic heterocycles. The minimum atomic E-state index is -0.481. The first-order valence-electron chi connectivity index (χ1n) is 5.01. The minimum absolute atomic E-state index is 0.393. The van der Waals surface area contributed by atoms with E-state index < -0.39 is 5.91 Å². The van der Waals surface area contributed by atoms with Crippen LogP contribution in [0.1, 0.15) is 10.4 Å². The molecular formula is C10H16N4O2. The predicted octanol–water partition coefficient (Wildman–Crippen LogP) is -0.432. The summed E-state index contributed by atoms with van der Waals surface area (Å²) >= 11 is 0. The molecule has 0 spiro atoms. The third-order valence-corrected chi connectivity index (χ3v) is 1.86. The van der Waals surface area contributed by atoms with Gasteiger partial charge in [0.1, 0.15) is 5.82 Å². The van der Waals surface area contributed by atoms with Gasteiger partial charge in [-0.05, 0) is 12.1 Å². The number of hydrogen-bond donors (Lipinski definition) is 3. The summed E-state index contributed by atoms with van der Waals surface area (Å²) in [7, 11) is 0. The molecule has 1 amide bonds. The molecular weight excluding hydrogens is 208 g/mol. The topological polar surface area (TPSA) is 103 Å². The second kappa shape index (κ2) is 6.76. The van der Waals surface area contributed by atoms with Gasteiger partial charge in [0, 0.05) is 19.3 Å². The van der Waals surface area contributed by atoms with E-state index in [4.69, 9.17) is 16.2 Å². The normalized spacial score (nSPS) is 10.1. The number of carbonyl (C=O) groups is 1. The number of aromatic nitrogens is 1. The highest BCUT2D eigenvalue weighted by atomic mass is 16.5. The fraction of sp³-hybridized carbons (Fsp3) is 0.400. The van der Waals surface area contributed by atoms with Crippen molar-refractivity contribution >= 4 is 11.7 Å². The monoisotopic (exact) mass is 224 g/mol. The zero-order valence-corrected chi connectivity index (χ0v) is 8.98. The van der Waals surface area contributed by atoms with E-state index in [1.165, 1.54) is 6.20 Å². The maximum atomic E-state index is 10.8. The Morgan fingerprint density at radius 3 is 2.81 bits per heavy atom. The van der Waals surface area contributed by atoms with Crippen LogP contribution in [-0.2, 0) is 4.74 Å². The van der Waals surface area contributed by atoms with Crippen LogP contribution in [0.4, 0.5) is 5.82 Å². The van der Waals surface area contributed by atoms with Crippen LogP contribution in [0.25, 0.3) is 0 Å². The number of carbonyl (C=O) groups excluding carboxylic acids is 1. The van der Waals surface area contributed by atoms with Crippen LogP contribution < -0.4 is 16.8 Å². The first-order chi connectivity index (χ1) is 7.74. The van der Waals surface area contributed by atoms with Gasteiger partial charge in [-0.1, -0.05) is 0 Å². The molecule has 0 saturated carbocycles. The lowest BCUT2D eigenvalue weighted by molar-refractivity contribution is 0.1000. The highest BCUT2D eigenvalue weighted by molar-refractivity contribution is 5.92. The summed E-state index contributed by atoms with van der Waals surface area (Å²) in [5.74, 6) is 0.201. The van der Waals surface area contributed by atoms with E-state index in [9.17, 15) is 4.79 Å². The molecule has 0 radical (unpaired) electrons. The molecule has 1 aromatic heterocycles. The molecule has 1 heterocycles. The third kappa shape index (κ3) is 4.24. The Labute approximate surface area is 94.0 Å². The molecule has 6 nitrogen and oxygen atoms in total. The number of nitrogens with one attached hydrogen (secondary N) is 1. The van der Waals surface area contributed by atoms with E-state index in [1.54, 1.807) is 12.1 Å². The molecule has 0 aliphatic rings. The predicted molar refractivity (Wildman–Crippen MR) is 61.1 cm³/mol. The summed E-state index contributed by atoms with van der Waals surface area (Å²) in [6.45, 7) is 2.28. The number of nitrogens with zero attached hydrogens (tertiary/aromatic N) is 1. The number of nitrogens with two attached hydrogens (primary N) is 2. The molecule has 0 unspecified atom stereocenters. The standard InChI is InChI=1S/C10H16N4O2/c11-3-5-16-6-4-13-9-2-1-8(7-14-9)10(12)15/h1-2,7H,3-6,11H2,(H2,12,15)(H,13,14). The summed E-state index contributed by atoms with van der Waals surface area (Å²) in [6.07, 6.45) is 1.44. The van der Waals surface area contributed by atoms with Crippen LogP contribution in [0.2, 0.25) is 0 Å². The molecule has 1 rings (SSSR count). The van der Waals surface area contributed by atoms with Crippen molar-refractivity contribution in [2.24, 2.45) is 11.5 Å². The van der Waals surface area contributed by atoms with E-state index in [1.807, 2.05) is 0 Å². The number of rotatable bonds is 7. The number of hydrogen-bond acceptors (Lipinski definition) is 5. The van der Waals surface area contributed by atoms with Gasteiger partial charge in [-0.3, -0.25) is 4.79 Å². The summed E-state index contributed by atoms with van der Waals surface area (Å²) < 4.78 is 5.18.